The molecule has 1 aromatic carbocycles. The van der Waals surface area contributed by atoms with Gasteiger partial charge in [0.05, 0.1) is 12.7 Å². The Morgan fingerprint density at radius 1 is 1.48 bits per heavy atom. The van der Waals surface area contributed by atoms with Crippen LogP contribution in [0, 0.1) is 11.8 Å². The molecular formula is C17H21NO3. The van der Waals surface area contributed by atoms with Crippen LogP contribution in [-0.4, -0.2) is 36.4 Å². The Kier molecular flexibility index (Phi) is 5.79. The molecule has 0 unspecified atom stereocenters. The lowest BCUT2D eigenvalue weighted by atomic mass is 9.89. The second kappa shape index (κ2) is 7.82. The Balaban J connectivity index is 1.88. The Hall–Kier alpha value is -1.83. The van der Waals surface area contributed by atoms with Crippen LogP contribution in [0.3, 0.4) is 0 Å². The number of carbonyl (C=O) groups is 1. The average Bonchev–Trinajstić information content (AvgIpc) is 2.45. The van der Waals surface area contributed by atoms with Crippen LogP contribution < -0.4 is 5.32 Å². The van der Waals surface area contributed by atoms with Gasteiger partial charge in [-0.15, -0.1) is 0 Å². The lowest BCUT2D eigenvalue weighted by Crippen LogP contribution is -2.47. The van der Waals surface area contributed by atoms with Crippen molar-refractivity contribution < 1.29 is 14.6 Å². The molecule has 21 heavy (non-hydrogen) atoms. The summed E-state index contributed by atoms with van der Waals surface area (Å²) in [6.07, 6.45) is 2.50. The highest BCUT2D eigenvalue weighted by Gasteiger charge is 2.30. The number of rotatable bonds is 5. The van der Waals surface area contributed by atoms with E-state index in [2.05, 4.69) is 17.2 Å². The minimum absolute atomic E-state index is 0.0514. The summed E-state index contributed by atoms with van der Waals surface area (Å²) in [4.78, 5) is 12.2. The third-order valence-corrected chi connectivity index (χ3v) is 3.43. The van der Waals surface area contributed by atoms with Gasteiger partial charge in [-0.05, 0) is 38.0 Å². The fourth-order valence-electron chi connectivity index (χ4n) is 2.28. The van der Waals surface area contributed by atoms with E-state index in [9.17, 15) is 4.79 Å². The Morgan fingerprint density at radius 3 is 3.00 bits per heavy atom. The Labute approximate surface area is 125 Å². The van der Waals surface area contributed by atoms with Crippen molar-refractivity contribution in [2.45, 2.75) is 38.3 Å². The van der Waals surface area contributed by atoms with Gasteiger partial charge < -0.3 is 15.2 Å². The maximum absolute atomic E-state index is 12.2. The molecule has 0 atom stereocenters. The van der Waals surface area contributed by atoms with E-state index < -0.39 is 0 Å². The normalized spacial score (nSPS) is 20.1. The molecule has 0 aromatic heterocycles. The summed E-state index contributed by atoms with van der Waals surface area (Å²) in [6, 6.07) is 7.44. The minimum Gasteiger partial charge on any atom is -0.395 e. The van der Waals surface area contributed by atoms with Gasteiger partial charge in [-0.25, -0.2) is 0 Å². The summed E-state index contributed by atoms with van der Waals surface area (Å²) < 4.78 is 5.48. The van der Waals surface area contributed by atoms with Crippen LogP contribution in [0.4, 0.5) is 0 Å². The van der Waals surface area contributed by atoms with Crippen molar-refractivity contribution >= 4 is 5.91 Å². The SMILES string of the molecule is CCOC1CC(NC(=O)c2cccc(C#CCCO)c2)C1. The van der Waals surface area contributed by atoms with Crippen LogP contribution in [0.5, 0.6) is 0 Å². The number of ether oxygens (including phenoxy) is 1. The second-order valence-electron chi connectivity index (χ2n) is 5.08. The number of amides is 1. The van der Waals surface area contributed by atoms with Gasteiger partial charge in [0, 0.05) is 30.2 Å². The molecular weight excluding hydrogens is 266 g/mol. The quantitative estimate of drug-likeness (QED) is 0.811. The van der Waals surface area contributed by atoms with Crippen molar-refractivity contribution in [2.75, 3.05) is 13.2 Å². The molecule has 0 saturated heterocycles. The van der Waals surface area contributed by atoms with Gasteiger partial charge in [0.2, 0.25) is 0 Å². The molecule has 0 spiro atoms. The monoisotopic (exact) mass is 287 g/mol. The van der Waals surface area contributed by atoms with Crippen molar-refractivity contribution in [1.29, 1.82) is 0 Å². The van der Waals surface area contributed by atoms with Gasteiger partial charge in [-0.1, -0.05) is 17.9 Å². The van der Waals surface area contributed by atoms with Crippen LogP contribution in [0.2, 0.25) is 0 Å². The first kappa shape index (κ1) is 15.6. The summed E-state index contributed by atoms with van der Waals surface area (Å²) in [6.45, 7) is 2.75. The highest BCUT2D eigenvalue weighted by atomic mass is 16.5. The zero-order chi connectivity index (χ0) is 15.1. The number of aliphatic hydroxyl groups excluding tert-OH is 1. The smallest absolute Gasteiger partial charge is 0.251 e. The van der Waals surface area contributed by atoms with Gasteiger partial charge in [0.15, 0.2) is 0 Å². The van der Waals surface area contributed by atoms with Crippen molar-refractivity contribution in [1.82, 2.24) is 5.32 Å². The topological polar surface area (TPSA) is 58.6 Å². The first-order valence-electron chi connectivity index (χ1n) is 7.35. The molecule has 1 aliphatic carbocycles. The fraction of sp³-hybridized carbons (Fsp3) is 0.471. The number of hydrogen-bond donors (Lipinski definition) is 2. The molecule has 0 heterocycles. The molecule has 1 aliphatic rings. The highest BCUT2D eigenvalue weighted by molar-refractivity contribution is 5.94. The van der Waals surface area contributed by atoms with Crippen LogP contribution in [0.1, 0.15) is 42.1 Å². The Bertz CT molecular complexity index is 538. The third kappa shape index (κ3) is 4.59. The average molecular weight is 287 g/mol. The maximum atomic E-state index is 12.2. The summed E-state index contributed by atoms with van der Waals surface area (Å²) in [5.41, 5.74) is 1.41. The predicted molar refractivity (Wildman–Crippen MR) is 80.9 cm³/mol. The van der Waals surface area contributed by atoms with Crippen molar-refractivity contribution in [3.05, 3.63) is 35.4 Å². The van der Waals surface area contributed by atoms with Crippen LogP contribution in [0.15, 0.2) is 24.3 Å². The van der Waals surface area contributed by atoms with Crippen LogP contribution >= 0.6 is 0 Å². The molecule has 1 amide bonds. The zero-order valence-electron chi connectivity index (χ0n) is 12.3. The fourth-order valence-corrected chi connectivity index (χ4v) is 2.28. The zero-order valence-corrected chi connectivity index (χ0v) is 12.3. The minimum atomic E-state index is -0.0687. The summed E-state index contributed by atoms with van der Waals surface area (Å²) in [5.74, 6) is 5.72. The molecule has 0 aliphatic heterocycles. The molecule has 0 bridgehead atoms. The van der Waals surface area contributed by atoms with Gasteiger partial charge in [0.25, 0.3) is 5.91 Å². The first-order valence-corrected chi connectivity index (χ1v) is 7.35. The molecule has 1 aromatic rings. The molecule has 4 heteroatoms. The lowest BCUT2D eigenvalue weighted by Gasteiger charge is -2.35. The number of hydrogen-bond acceptors (Lipinski definition) is 3. The Morgan fingerprint density at radius 2 is 2.29 bits per heavy atom. The number of benzene rings is 1. The molecule has 4 nitrogen and oxygen atoms in total. The summed E-state index contributed by atoms with van der Waals surface area (Å²) in [7, 11) is 0. The summed E-state index contributed by atoms with van der Waals surface area (Å²) in [5, 5.41) is 11.7. The van der Waals surface area contributed by atoms with E-state index in [1.165, 1.54) is 0 Å². The van der Waals surface area contributed by atoms with Crippen molar-refractivity contribution in [3.8, 4) is 11.8 Å². The molecule has 1 fully saturated rings. The van der Waals surface area contributed by atoms with Crippen molar-refractivity contribution in [3.63, 3.8) is 0 Å². The van der Waals surface area contributed by atoms with Crippen LogP contribution in [0.25, 0.3) is 0 Å². The third-order valence-electron chi connectivity index (χ3n) is 3.43. The number of carbonyl (C=O) groups excluding carboxylic acids is 1. The molecule has 2 N–H and O–H groups in total. The molecule has 2 rings (SSSR count). The van der Waals surface area contributed by atoms with E-state index in [4.69, 9.17) is 9.84 Å². The standard InChI is InChI=1S/C17H21NO3/c1-2-21-16-11-15(12-16)18-17(20)14-8-5-7-13(10-14)6-3-4-9-19/h5,7-8,10,15-16,19H,2,4,9,11-12H2,1H3,(H,18,20). The molecule has 112 valence electrons. The van der Waals surface area contributed by atoms with E-state index in [0.29, 0.717) is 12.0 Å². The first-order chi connectivity index (χ1) is 10.2. The van der Waals surface area contributed by atoms with Crippen LogP contribution in [-0.2, 0) is 4.74 Å². The van der Waals surface area contributed by atoms with Gasteiger partial charge in [-0.3, -0.25) is 4.79 Å². The predicted octanol–water partition coefficient (Wildman–Crippen LogP) is 1.72. The summed E-state index contributed by atoms with van der Waals surface area (Å²) >= 11 is 0. The maximum Gasteiger partial charge on any atom is 0.251 e. The van der Waals surface area contributed by atoms with E-state index in [1.54, 1.807) is 12.1 Å². The van der Waals surface area contributed by atoms with E-state index in [1.807, 2.05) is 19.1 Å². The highest BCUT2D eigenvalue weighted by Crippen LogP contribution is 2.23. The van der Waals surface area contributed by atoms with E-state index in [0.717, 1.165) is 25.0 Å². The van der Waals surface area contributed by atoms with E-state index >= 15 is 0 Å². The second-order valence-corrected chi connectivity index (χ2v) is 5.08. The van der Waals surface area contributed by atoms with Crippen molar-refractivity contribution in [2.24, 2.45) is 0 Å². The van der Waals surface area contributed by atoms with Gasteiger partial charge in [0.1, 0.15) is 0 Å². The largest absolute Gasteiger partial charge is 0.395 e. The van der Waals surface area contributed by atoms with E-state index in [-0.39, 0.29) is 24.7 Å². The van der Waals surface area contributed by atoms with Gasteiger partial charge in [-0.2, -0.15) is 0 Å². The number of aliphatic hydroxyl groups is 1. The molecule has 0 radical (unpaired) electrons. The van der Waals surface area contributed by atoms with Gasteiger partial charge >= 0.3 is 0 Å². The molecule has 1 saturated carbocycles. The number of nitrogens with one attached hydrogen (secondary N) is 1. The lowest BCUT2D eigenvalue weighted by molar-refractivity contribution is -0.00862.